The Labute approximate surface area is 131 Å². The number of hydrogen-bond acceptors (Lipinski definition) is 4. The molecule has 1 aromatic heterocycles. The number of rotatable bonds is 4. The number of aromatic nitrogens is 1. The molecule has 0 saturated heterocycles. The molecule has 1 amide bonds. The highest BCUT2D eigenvalue weighted by atomic mass is 16.4. The van der Waals surface area contributed by atoms with Crippen molar-refractivity contribution >= 4 is 28.7 Å². The molecule has 0 aliphatic rings. The van der Waals surface area contributed by atoms with E-state index in [-0.39, 0.29) is 0 Å². The molecule has 0 radical (unpaired) electrons. The third-order valence-electron chi connectivity index (χ3n) is 3.07. The van der Waals surface area contributed by atoms with Gasteiger partial charge in [-0.2, -0.15) is 0 Å². The molecule has 0 unspecified atom stereocenters. The SMILES string of the molecule is O=C(O)C=CC(=O)Nc1ccc(-c2nc3ccccc3o2)cc1. The van der Waals surface area contributed by atoms with E-state index in [0.717, 1.165) is 23.2 Å². The second kappa shape index (κ2) is 6.15. The summed E-state index contributed by atoms with van der Waals surface area (Å²) in [7, 11) is 0. The Balaban J connectivity index is 1.76. The second-order valence-electron chi connectivity index (χ2n) is 4.72. The minimum absolute atomic E-state index is 0.495. The number of benzene rings is 2. The lowest BCUT2D eigenvalue weighted by atomic mass is 10.2. The van der Waals surface area contributed by atoms with Gasteiger partial charge in [0.1, 0.15) is 5.52 Å². The van der Waals surface area contributed by atoms with Crippen LogP contribution in [0.1, 0.15) is 0 Å². The van der Waals surface area contributed by atoms with E-state index in [9.17, 15) is 9.59 Å². The molecular weight excluding hydrogens is 296 g/mol. The van der Waals surface area contributed by atoms with E-state index < -0.39 is 11.9 Å². The van der Waals surface area contributed by atoms with Gasteiger partial charge in [0.25, 0.3) is 0 Å². The minimum Gasteiger partial charge on any atom is -0.478 e. The van der Waals surface area contributed by atoms with Crippen molar-refractivity contribution < 1.29 is 19.1 Å². The van der Waals surface area contributed by atoms with Crippen LogP contribution in [0.5, 0.6) is 0 Å². The molecule has 114 valence electrons. The van der Waals surface area contributed by atoms with Gasteiger partial charge in [-0.1, -0.05) is 12.1 Å². The number of fused-ring (bicyclic) bond motifs is 1. The van der Waals surface area contributed by atoms with Crippen molar-refractivity contribution in [3.63, 3.8) is 0 Å². The number of anilines is 1. The molecule has 0 aliphatic heterocycles. The molecule has 2 aromatic carbocycles. The highest BCUT2D eigenvalue weighted by Crippen LogP contribution is 2.25. The van der Waals surface area contributed by atoms with E-state index in [0.29, 0.717) is 17.2 Å². The molecule has 2 N–H and O–H groups in total. The Morgan fingerprint density at radius 1 is 1.04 bits per heavy atom. The average molecular weight is 308 g/mol. The van der Waals surface area contributed by atoms with Crippen molar-refractivity contribution in [1.82, 2.24) is 4.98 Å². The maximum Gasteiger partial charge on any atom is 0.328 e. The Bertz CT molecular complexity index is 861. The van der Waals surface area contributed by atoms with Crippen LogP contribution in [-0.4, -0.2) is 22.0 Å². The molecule has 6 nitrogen and oxygen atoms in total. The summed E-state index contributed by atoms with van der Waals surface area (Å²) in [6, 6.07) is 14.4. The van der Waals surface area contributed by atoms with Crippen LogP contribution >= 0.6 is 0 Å². The Hall–Kier alpha value is -3.41. The summed E-state index contributed by atoms with van der Waals surface area (Å²) in [5.41, 5.74) is 2.81. The van der Waals surface area contributed by atoms with Gasteiger partial charge in [-0.25, -0.2) is 9.78 Å². The number of carboxylic acids is 1. The number of nitrogens with one attached hydrogen (secondary N) is 1. The van der Waals surface area contributed by atoms with Crippen molar-refractivity contribution in [3.05, 3.63) is 60.7 Å². The van der Waals surface area contributed by atoms with E-state index in [4.69, 9.17) is 9.52 Å². The van der Waals surface area contributed by atoms with E-state index in [1.165, 1.54) is 0 Å². The summed E-state index contributed by atoms with van der Waals surface area (Å²) in [5.74, 6) is -1.19. The third-order valence-corrected chi connectivity index (χ3v) is 3.07. The van der Waals surface area contributed by atoms with Crippen molar-refractivity contribution in [2.24, 2.45) is 0 Å². The van der Waals surface area contributed by atoms with Crippen LogP contribution < -0.4 is 5.32 Å². The summed E-state index contributed by atoms with van der Waals surface area (Å²) in [6.07, 6.45) is 1.74. The summed E-state index contributed by atoms with van der Waals surface area (Å²) < 4.78 is 5.67. The first kappa shape index (κ1) is 14.5. The minimum atomic E-state index is -1.17. The standard InChI is InChI=1S/C17H12N2O4/c20-15(9-10-16(21)22)18-12-7-5-11(6-8-12)17-19-13-3-1-2-4-14(13)23-17/h1-10H,(H,18,20)(H,21,22). The Morgan fingerprint density at radius 3 is 2.48 bits per heavy atom. The van der Waals surface area contributed by atoms with Crippen LogP contribution in [-0.2, 0) is 9.59 Å². The molecule has 0 aliphatic carbocycles. The number of aliphatic carboxylic acids is 1. The normalized spacial score (nSPS) is 11.0. The van der Waals surface area contributed by atoms with E-state index in [2.05, 4.69) is 10.3 Å². The second-order valence-corrected chi connectivity index (χ2v) is 4.72. The van der Waals surface area contributed by atoms with E-state index in [1.807, 2.05) is 24.3 Å². The Morgan fingerprint density at radius 2 is 1.78 bits per heavy atom. The molecule has 0 saturated carbocycles. The zero-order valence-electron chi connectivity index (χ0n) is 11.9. The van der Waals surface area contributed by atoms with Crippen molar-refractivity contribution in [2.75, 3.05) is 5.32 Å². The number of para-hydroxylation sites is 2. The van der Waals surface area contributed by atoms with Gasteiger partial charge in [0, 0.05) is 23.4 Å². The average Bonchev–Trinajstić information content (AvgIpc) is 2.97. The lowest BCUT2D eigenvalue weighted by molar-refractivity contribution is -0.131. The monoisotopic (exact) mass is 308 g/mol. The predicted octanol–water partition coefficient (Wildman–Crippen LogP) is 3.07. The number of oxazole rings is 1. The van der Waals surface area contributed by atoms with Gasteiger partial charge in [-0.05, 0) is 36.4 Å². The number of carbonyl (C=O) groups excluding carboxylic acids is 1. The molecule has 0 fully saturated rings. The molecule has 6 heteroatoms. The van der Waals surface area contributed by atoms with Crippen LogP contribution in [0, 0.1) is 0 Å². The summed E-state index contributed by atoms with van der Waals surface area (Å²) in [6.45, 7) is 0. The smallest absolute Gasteiger partial charge is 0.328 e. The van der Waals surface area contributed by atoms with Crippen LogP contribution in [0.3, 0.4) is 0 Å². The van der Waals surface area contributed by atoms with Crippen molar-refractivity contribution in [1.29, 1.82) is 0 Å². The van der Waals surface area contributed by atoms with Gasteiger partial charge in [0.15, 0.2) is 5.58 Å². The quantitative estimate of drug-likeness (QED) is 0.723. The van der Waals surface area contributed by atoms with Crippen LogP contribution in [0.2, 0.25) is 0 Å². The lowest BCUT2D eigenvalue weighted by Crippen LogP contribution is -2.08. The fourth-order valence-corrected chi connectivity index (χ4v) is 2.02. The van der Waals surface area contributed by atoms with Gasteiger partial charge < -0.3 is 14.8 Å². The number of amides is 1. The Kier molecular flexibility index (Phi) is 3.88. The van der Waals surface area contributed by atoms with Crippen LogP contribution in [0.25, 0.3) is 22.6 Å². The molecule has 0 bridgehead atoms. The number of hydrogen-bond donors (Lipinski definition) is 2. The molecular formula is C17H12N2O4. The van der Waals surface area contributed by atoms with Gasteiger partial charge in [-0.15, -0.1) is 0 Å². The van der Waals surface area contributed by atoms with Gasteiger partial charge in [-0.3, -0.25) is 4.79 Å². The highest BCUT2D eigenvalue weighted by Gasteiger charge is 2.07. The first-order valence-corrected chi connectivity index (χ1v) is 6.80. The van der Waals surface area contributed by atoms with Crippen molar-refractivity contribution in [3.8, 4) is 11.5 Å². The molecule has 23 heavy (non-hydrogen) atoms. The first-order valence-electron chi connectivity index (χ1n) is 6.80. The zero-order valence-corrected chi connectivity index (χ0v) is 11.9. The molecule has 1 heterocycles. The molecule has 0 atom stereocenters. The summed E-state index contributed by atoms with van der Waals surface area (Å²) in [5, 5.41) is 11.0. The van der Waals surface area contributed by atoms with E-state index >= 15 is 0 Å². The van der Waals surface area contributed by atoms with Crippen LogP contribution in [0.15, 0.2) is 65.1 Å². The summed E-state index contributed by atoms with van der Waals surface area (Å²) in [4.78, 5) is 26.2. The fraction of sp³-hybridized carbons (Fsp3) is 0. The highest BCUT2D eigenvalue weighted by molar-refractivity contribution is 6.02. The molecule has 0 spiro atoms. The van der Waals surface area contributed by atoms with Gasteiger partial charge in [0.05, 0.1) is 0 Å². The first-order chi connectivity index (χ1) is 11.1. The zero-order chi connectivity index (χ0) is 16.2. The predicted molar refractivity (Wildman–Crippen MR) is 84.9 cm³/mol. The summed E-state index contributed by atoms with van der Waals surface area (Å²) >= 11 is 0. The largest absolute Gasteiger partial charge is 0.478 e. The molecule has 3 rings (SSSR count). The molecule has 3 aromatic rings. The maximum absolute atomic E-state index is 11.5. The third kappa shape index (κ3) is 3.44. The van der Waals surface area contributed by atoms with E-state index in [1.54, 1.807) is 24.3 Å². The van der Waals surface area contributed by atoms with Gasteiger partial charge in [0.2, 0.25) is 11.8 Å². The van der Waals surface area contributed by atoms with Gasteiger partial charge >= 0.3 is 5.97 Å². The number of nitrogens with zero attached hydrogens (tertiary/aromatic N) is 1. The number of carboxylic acid groups (broad SMARTS) is 1. The topological polar surface area (TPSA) is 92.4 Å². The maximum atomic E-state index is 11.5. The fourth-order valence-electron chi connectivity index (χ4n) is 2.02. The lowest BCUT2D eigenvalue weighted by Gasteiger charge is -2.02. The van der Waals surface area contributed by atoms with Crippen LogP contribution in [0.4, 0.5) is 5.69 Å². The number of carbonyl (C=O) groups is 2. The van der Waals surface area contributed by atoms with Crippen molar-refractivity contribution in [2.45, 2.75) is 0 Å².